The van der Waals surface area contributed by atoms with Crippen LogP contribution in [0, 0.1) is 11.6 Å². The van der Waals surface area contributed by atoms with Crippen molar-refractivity contribution in [3.8, 4) is 5.75 Å². The molecule has 11 heteroatoms. The van der Waals surface area contributed by atoms with Crippen LogP contribution in [0.5, 0.6) is 5.75 Å². The van der Waals surface area contributed by atoms with Gasteiger partial charge in [-0.2, -0.15) is 0 Å². The molecule has 0 radical (unpaired) electrons. The van der Waals surface area contributed by atoms with Crippen LogP contribution in [0.3, 0.4) is 0 Å². The van der Waals surface area contributed by atoms with Crippen LogP contribution in [-0.4, -0.2) is 55.1 Å². The van der Waals surface area contributed by atoms with E-state index in [1.54, 1.807) is 45.0 Å². The first-order valence-corrected chi connectivity index (χ1v) is 17.7. The lowest BCUT2D eigenvalue weighted by molar-refractivity contribution is -0.101. The van der Waals surface area contributed by atoms with Crippen molar-refractivity contribution >= 4 is 29.3 Å². The Kier molecular flexibility index (Phi) is 13.7. The van der Waals surface area contributed by atoms with Crippen molar-refractivity contribution in [2.75, 3.05) is 26.3 Å². The summed E-state index contributed by atoms with van der Waals surface area (Å²) in [6, 6.07) is 27.0. The van der Waals surface area contributed by atoms with E-state index in [9.17, 15) is 13.6 Å². The first kappa shape index (κ1) is 38.5. The lowest BCUT2D eigenvalue weighted by Crippen LogP contribution is -2.55. The highest BCUT2D eigenvalue weighted by atomic mass is 35.5. The molecule has 5 rings (SSSR count). The van der Waals surface area contributed by atoms with Crippen LogP contribution in [0.25, 0.3) is 0 Å². The number of piperidine rings is 1. The van der Waals surface area contributed by atoms with Crippen LogP contribution in [-0.2, 0) is 38.8 Å². The molecule has 3 atom stereocenters. The number of carbonyl (C=O) groups excluding carboxylic acids is 1. The Morgan fingerprint density at radius 2 is 1.31 bits per heavy atom. The molecule has 4 aromatic carbocycles. The Bertz CT molecular complexity index is 1660. The van der Waals surface area contributed by atoms with Gasteiger partial charge >= 0.3 is 6.09 Å². The Hall–Kier alpha value is -3.73. The van der Waals surface area contributed by atoms with Gasteiger partial charge in [-0.25, -0.2) is 13.6 Å². The van der Waals surface area contributed by atoms with Crippen LogP contribution in [0.1, 0.15) is 55.4 Å². The molecule has 0 saturated carbocycles. The van der Waals surface area contributed by atoms with Gasteiger partial charge in [-0.1, -0.05) is 89.9 Å². The summed E-state index contributed by atoms with van der Waals surface area (Å²) >= 11 is 12.1. The summed E-state index contributed by atoms with van der Waals surface area (Å²) in [6.45, 7) is 6.96. The smallest absolute Gasteiger partial charge is 0.410 e. The number of likely N-dealkylation sites (tertiary alicyclic amines) is 1. The molecule has 0 aromatic heterocycles. The van der Waals surface area contributed by atoms with Gasteiger partial charge in [0.15, 0.2) is 0 Å². The van der Waals surface area contributed by atoms with Crippen LogP contribution < -0.4 is 4.74 Å². The zero-order valence-corrected chi connectivity index (χ0v) is 30.5. The average molecular weight is 743 g/mol. The molecule has 1 amide bonds. The Balaban J connectivity index is 1.34. The predicted octanol–water partition coefficient (Wildman–Crippen LogP) is 9.76. The molecule has 1 saturated heterocycles. The third-order valence-electron chi connectivity index (χ3n) is 8.30. The molecular formula is C40H43Cl2F2NO6. The maximum atomic E-state index is 14.9. The maximum absolute atomic E-state index is 14.9. The number of hydrogen-bond acceptors (Lipinski definition) is 6. The summed E-state index contributed by atoms with van der Waals surface area (Å²) < 4.78 is 60.1. The monoisotopic (exact) mass is 741 g/mol. The molecule has 1 unspecified atom stereocenters. The second-order valence-corrected chi connectivity index (χ2v) is 14.2. The number of ether oxygens (including phenoxy) is 5. The van der Waals surface area contributed by atoms with Crippen molar-refractivity contribution in [1.29, 1.82) is 0 Å². The fourth-order valence-electron chi connectivity index (χ4n) is 5.81. The number of benzene rings is 4. The quantitative estimate of drug-likeness (QED) is 0.120. The van der Waals surface area contributed by atoms with Gasteiger partial charge in [0.05, 0.1) is 68.4 Å². The normalized spacial score (nSPS) is 17.7. The van der Waals surface area contributed by atoms with Crippen molar-refractivity contribution < 1.29 is 37.3 Å². The Morgan fingerprint density at radius 3 is 1.86 bits per heavy atom. The van der Waals surface area contributed by atoms with Crippen molar-refractivity contribution in [1.82, 2.24) is 4.90 Å². The molecular weight excluding hydrogens is 699 g/mol. The summed E-state index contributed by atoms with van der Waals surface area (Å²) in [7, 11) is 0. The van der Waals surface area contributed by atoms with Gasteiger partial charge in [0, 0.05) is 23.5 Å². The van der Waals surface area contributed by atoms with Gasteiger partial charge in [-0.3, -0.25) is 0 Å². The van der Waals surface area contributed by atoms with Crippen molar-refractivity contribution in [2.24, 2.45) is 0 Å². The SMILES string of the molecule is CC(C)(C)OC(=O)N1C[C@H](OCc2cccc(Cl)c2F)C(c2ccc(OCCCOCc3ccccc3)cc2)[C@H](OCc2cccc(Cl)c2F)C1. The maximum Gasteiger partial charge on any atom is 0.410 e. The third-order valence-corrected chi connectivity index (χ3v) is 8.88. The minimum atomic E-state index is -0.752. The highest BCUT2D eigenvalue weighted by Gasteiger charge is 2.42. The van der Waals surface area contributed by atoms with Gasteiger partial charge in [0.25, 0.3) is 0 Å². The van der Waals surface area contributed by atoms with E-state index in [1.807, 2.05) is 54.6 Å². The van der Waals surface area contributed by atoms with Crippen molar-refractivity contribution in [3.05, 3.63) is 135 Å². The van der Waals surface area contributed by atoms with E-state index in [2.05, 4.69) is 0 Å². The molecule has 0 bridgehead atoms. The highest BCUT2D eigenvalue weighted by Crippen LogP contribution is 2.36. The molecule has 4 aromatic rings. The number of halogens is 4. The van der Waals surface area contributed by atoms with Crippen LogP contribution in [0.4, 0.5) is 13.6 Å². The lowest BCUT2D eigenvalue weighted by Gasteiger charge is -2.43. The summed E-state index contributed by atoms with van der Waals surface area (Å²) in [6.07, 6.45) is -1.19. The molecule has 272 valence electrons. The third kappa shape index (κ3) is 11.1. The first-order valence-electron chi connectivity index (χ1n) is 16.9. The molecule has 7 nitrogen and oxygen atoms in total. The number of rotatable bonds is 14. The van der Waals surface area contributed by atoms with Gasteiger partial charge in [-0.15, -0.1) is 0 Å². The minimum absolute atomic E-state index is 0.0187. The second kappa shape index (κ2) is 18.2. The van der Waals surface area contributed by atoms with Crippen molar-refractivity contribution in [2.45, 2.75) is 70.7 Å². The van der Waals surface area contributed by atoms with E-state index in [0.29, 0.717) is 32.0 Å². The van der Waals surface area contributed by atoms with Crippen LogP contribution in [0.15, 0.2) is 91.0 Å². The molecule has 51 heavy (non-hydrogen) atoms. The second-order valence-electron chi connectivity index (χ2n) is 13.3. The molecule has 0 N–H and O–H groups in total. The van der Waals surface area contributed by atoms with Gasteiger partial charge in [-0.05, 0) is 56.2 Å². The Morgan fingerprint density at radius 1 is 0.745 bits per heavy atom. The van der Waals surface area contributed by atoms with Crippen molar-refractivity contribution in [3.63, 3.8) is 0 Å². The largest absolute Gasteiger partial charge is 0.494 e. The Labute approximate surface area is 308 Å². The average Bonchev–Trinajstić information content (AvgIpc) is 3.11. The van der Waals surface area contributed by atoms with E-state index in [0.717, 1.165) is 11.1 Å². The molecule has 1 aliphatic heterocycles. The summed E-state index contributed by atoms with van der Waals surface area (Å²) in [5, 5.41) is -0.0374. The first-order chi connectivity index (χ1) is 24.5. The fraction of sp³-hybridized carbons (Fsp3) is 0.375. The molecule has 1 heterocycles. The van der Waals surface area contributed by atoms with E-state index in [1.165, 1.54) is 17.0 Å². The number of carbonyl (C=O) groups is 1. The molecule has 0 aliphatic carbocycles. The summed E-state index contributed by atoms with van der Waals surface area (Å²) in [5.41, 5.74) is 1.74. The number of nitrogens with zero attached hydrogens (tertiary/aromatic N) is 1. The molecule has 1 aliphatic rings. The number of amides is 1. The van der Waals surface area contributed by atoms with Crippen LogP contribution >= 0.6 is 23.2 Å². The predicted molar refractivity (Wildman–Crippen MR) is 193 cm³/mol. The van der Waals surface area contributed by atoms with Gasteiger partial charge in [0.1, 0.15) is 23.0 Å². The zero-order chi connectivity index (χ0) is 36.4. The van der Waals surface area contributed by atoms with E-state index < -0.39 is 41.5 Å². The summed E-state index contributed by atoms with van der Waals surface area (Å²) in [5.74, 6) is -0.933. The van der Waals surface area contributed by atoms with E-state index in [4.69, 9.17) is 46.9 Å². The molecule has 1 fully saturated rings. The van der Waals surface area contributed by atoms with Gasteiger partial charge < -0.3 is 28.6 Å². The van der Waals surface area contributed by atoms with Gasteiger partial charge in [0.2, 0.25) is 0 Å². The molecule has 0 spiro atoms. The number of hydrogen-bond donors (Lipinski definition) is 0. The lowest BCUT2D eigenvalue weighted by atomic mass is 9.84. The van der Waals surface area contributed by atoms with E-state index >= 15 is 0 Å². The topological polar surface area (TPSA) is 66.5 Å². The highest BCUT2D eigenvalue weighted by molar-refractivity contribution is 6.31. The van der Waals surface area contributed by atoms with Crippen LogP contribution in [0.2, 0.25) is 10.0 Å². The summed E-state index contributed by atoms with van der Waals surface area (Å²) in [4.78, 5) is 14.9. The minimum Gasteiger partial charge on any atom is -0.494 e. The standard InChI is InChI=1S/C40H43Cl2F2NO6/c1-40(2,3)51-39(46)45-22-34(49-25-29-12-7-14-32(41)37(29)43)36(35(23-45)50-26-30-13-8-15-33(42)38(30)44)28-16-18-31(19-17-28)48-21-9-20-47-24-27-10-5-4-6-11-27/h4-8,10-19,34-36H,9,20-26H2,1-3H3/t34-,35+,36?. The fourth-order valence-corrected chi connectivity index (χ4v) is 6.20. The zero-order valence-electron chi connectivity index (χ0n) is 29.0. The van der Waals surface area contributed by atoms with E-state index in [-0.39, 0.29) is 47.5 Å².